The number of carboxylic acid groups (broad SMARTS) is 2. The number of hydrogen-bond acceptors (Lipinski definition) is 5. The molecule has 0 saturated carbocycles. The summed E-state index contributed by atoms with van der Waals surface area (Å²) in [5, 5.41) is 14.8. The normalized spacial score (nSPS) is 18.6. The van der Waals surface area contributed by atoms with Crippen LogP contribution < -0.4 is 0 Å². The smallest absolute Gasteiger partial charge is 0.414 e. The van der Waals surface area contributed by atoms with Gasteiger partial charge >= 0.3 is 11.9 Å². The molecule has 6 heterocycles. The number of nitrogens with zero attached hydrogens (tertiary/aromatic N) is 3. The maximum Gasteiger partial charge on any atom is 0.414 e. The highest BCUT2D eigenvalue weighted by molar-refractivity contribution is 6.27. The van der Waals surface area contributed by atoms with Crippen molar-refractivity contribution in [3.63, 3.8) is 0 Å². The van der Waals surface area contributed by atoms with Crippen LogP contribution in [0.1, 0.15) is 0 Å². The zero-order chi connectivity index (χ0) is 25.6. The minimum Gasteiger partial charge on any atom is -0.473 e. The molecule has 0 amide bonds. The average Bonchev–Trinajstić information content (AvgIpc) is 2.94. The molecule has 6 aliphatic rings. The molecule has 0 radical (unpaired) electrons. The summed E-state index contributed by atoms with van der Waals surface area (Å²) in [4.78, 5) is 24.8. The molecule has 0 aromatic rings. The van der Waals surface area contributed by atoms with Crippen molar-refractivity contribution < 1.29 is 19.8 Å². The summed E-state index contributed by atoms with van der Waals surface area (Å²) in [7, 11) is 0. The zero-order valence-corrected chi connectivity index (χ0v) is 19.8. The molecule has 0 aromatic carbocycles. The highest BCUT2D eigenvalue weighted by atomic mass is 16.4. The number of aliphatic carboxylic acids is 2. The lowest BCUT2D eigenvalue weighted by molar-refractivity contribution is -0.159. The Bertz CT molecular complexity index is 1050. The van der Waals surface area contributed by atoms with Crippen molar-refractivity contribution in [2.24, 2.45) is 0 Å². The molecule has 184 valence electrons. The van der Waals surface area contributed by atoms with E-state index < -0.39 is 11.9 Å². The zero-order valence-electron chi connectivity index (χ0n) is 19.8. The lowest BCUT2D eigenvalue weighted by Crippen LogP contribution is -2.18. The quantitative estimate of drug-likeness (QED) is 0.486. The summed E-state index contributed by atoms with van der Waals surface area (Å²) in [6.45, 7) is 3.02. The summed E-state index contributed by atoms with van der Waals surface area (Å²) in [6, 6.07) is 0. The van der Waals surface area contributed by atoms with Crippen molar-refractivity contribution in [1.82, 2.24) is 14.7 Å². The van der Waals surface area contributed by atoms with E-state index in [2.05, 4.69) is 143 Å². The standard InChI is InChI=1S/3C9H9N.C2H2O4/c3*1-3-7-10-8-4-2-6-9(10)5-1;3-1(4)2(5)6/h3*1-7H,8H2;(H,3,4)(H,5,6). The van der Waals surface area contributed by atoms with Gasteiger partial charge in [0.1, 0.15) is 0 Å². The van der Waals surface area contributed by atoms with Crippen LogP contribution in [0.25, 0.3) is 0 Å². The second-order valence-corrected chi connectivity index (χ2v) is 7.73. The number of allylic oxidation sites excluding steroid dienone is 15. The second-order valence-electron chi connectivity index (χ2n) is 7.73. The molecule has 36 heavy (non-hydrogen) atoms. The molecule has 6 aliphatic heterocycles. The van der Waals surface area contributed by atoms with Crippen LogP contribution in [0.4, 0.5) is 0 Å². The van der Waals surface area contributed by atoms with Crippen LogP contribution in [-0.2, 0) is 9.59 Å². The van der Waals surface area contributed by atoms with Crippen molar-refractivity contribution >= 4 is 11.9 Å². The molecule has 0 atom stereocenters. The maximum atomic E-state index is 9.10. The van der Waals surface area contributed by atoms with E-state index in [0.29, 0.717) is 0 Å². The van der Waals surface area contributed by atoms with Gasteiger partial charge in [-0.2, -0.15) is 0 Å². The van der Waals surface area contributed by atoms with Crippen LogP contribution >= 0.6 is 0 Å². The Labute approximate surface area is 211 Å². The first-order valence-electron chi connectivity index (χ1n) is 11.5. The van der Waals surface area contributed by atoms with Crippen LogP contribution in [-0.4, -0.2) is 56.5 Å². The molecule has 0 fully saturated rings. The predicted octanol–water partition coefficient (Wildman–Crippen LogP) is 4.63. The fourth-order valence-electron chi connectivity index (χ4n) is 3.44. The van der Waals surface area contributed by atoms with E-state index >= 15 is 0 Å². The monoisotopic (exact) mass is 483 g/mol. The van der Waals surface area contributed by atoms with Crippen molar-refractivity contribution in [3.05, 3.63) is 145 Å². The molecule has 0 saturated heterocycles. The minimum absolute atomic E-state index is 1.01. The summed E-state index contributed by atoms with van der Waals surface area (Å²) < 4.78 is 0. The number of carbonyl (C=O) groups is 2. The SMILES string of the molecule is C1=CCN2C=CC=CC2=C1.C1=CCN2C=CC=CC2=C1.C1=CCN2C=CC=CC2=C1.O=C(O)C(=O)O. The summed E-state index contributed by atoms with van der Waals surface area (Å²) >= 11 is 0. The van der Waals surface area contributed by atoms with E-state index in [0.717, 1.165) is 19.6 Å². The Kier molecular flexibility index (Phi) is 9.91. The van der Waals surface area contributed by atoms with Gasteiger partial charge in [-0.15, -0.1) is 0 Å². The van der Waals surface area contributed by atoms with E-state index in [1.54, 1.807) is 0 Å². The number of fused-ring (bicyclic) bond motifs is 3. The Balaban J connectivity index is 0.000000136. The van der Waals surface area contributed by atoms with Crippen LogP contribution in [0.3, 0.4) is 0 Å². The minimum atomic E-state index is -1.82. The molecular formula is C29H29N3O4. The Morgan fingerprint density at radius 2 is 0.806 bits per heavy atom. The largest absolute Gasteiger partial charge is 0.473 e. The van der Waals surface area contributed by atoms with Gasteiger partial charge < -0.3 is 24.9 Å². The summed E-state index contributed by atoms with van der Waals surface area (Å²) in [6.07, 6.45) is 44.0. The van der Waals surface area contributed by atoms with Crippen LogP contribution in [0, 0.1) is 0 Å². The maximum absolute atomic E-state index is 9.10. The van der Waals surface area contributed by atoms with E-state index in [1.807, 2.05) is 0 Å². The number of carboxylic acids is 2. The van der Waals surface area contributed by atoms with Crippen LogP contribution in [0.5, 0.6) is 0 Å². The lowest BCUT2D eigenvalue weighted by atomic mass is 10.2. The molecule has 0 aromatic heterocycles. The number of rotatable bonds is 0. The van der Waals surface area contributed by atoms with Gasteiger partial charge in [0.05, 0.1) is 0 Å². The molecule has 2 N–H and O–H groups in total. The fourth-order valence-corrected chi connectivity index (χ4v) is 3.44. The highest BCUT2D eigenvalue weighted by Crippen LogP contribution is 2.16. The summed E-state index contributed by atoms with van der Waals surface area (Å²) in [5.74, 6) is -3.65. The van der Waals surface area contributed by atoms with Crippen molar-refractivity contribution in [1.29, 1.82) is 0 Å². The van der Waals surface area contributed by atoms with Gasteiger partial charge in [-0.25, -0.2) is 9.59 Å². The van der Waals surface area contributed by atoms with Gasteiger partial charge in [-0.05, 0) is 54.7 Å². The van der Waals surface area contributed by atoms with Crippen molar-refractivity contribution in [2.45, 2.75) is 0 Å². The van der Waals surface area contributed by atoms with Gasteiger partial charge in [-0.3, -0.25) is 0 Å². The Morgan fingerprint density at radius 3 is 1.06 bits per heavy atom. The van der Waals surface area contributed by atoms with Gasteiger partial charge in [0.15, 0.2) is 0 Å². The number of hydrogen-bond donors (Lipinski definition) is 2. The van der Waals surface area contributed by atoms with E-state index in [9.17, 15) is 0 Å². The van der Waals surface area contributed by atoms with E-state index in [-0.39, 0.29) is 0 Å². The first-order valence-corrected chi connectivity index (χ1v) is 11.5. The third kappa shape index (κ3) is 8.22. The molecule has 7 nitrogen and oxygen atoms in total. The Morgan fingerprint density at radius 1 is 0.500 bits per heavy atom. The van der Waals surface area contributed by atoms with Crippen LogP contribution in [0.15, 0.2) is 145 Å². The van der Waals surface area contributed by atoms with Gasteiger partial charge in [0.25, 0.3) is 0 Å². The molecule has 0 unspecified atom stereocenters. The third-order valence-corrected chi connectivity index (χ3v) is 5.23. The van der Waals surface area contributed by atoms with Crippen LogP contribution in [0.2, 0.25) is 0 Å². The summed E-state index contributed by atoms with van der Waals surface area (Å²) in [5.41, 5.74) is 3.85. The molecule has 0 aliphatic carbocycles. The topological polar surface area (TPSA) is 84.3 Å². The molecule has 7 heteroatoms. The molecule has 0 bridgehead atoms. The van der Waals surface area contributed by atoms with Gasteiger partial charge in [-0.1, -0.05) is 54.7 Å². The first-order chi connectivity index (χ1) is 17.5. The average molecular weight is 484 g/mol. The first kappa shape index (κ1) is 25.8. The Hall–Kier alpha value is -4.78. The van der Waals surface area contributed by atoms with Gasteiger partial charge in [0.2, 0.25) is 0 Å². The molecule has 0 spiro atoms. The molecular weight excluding hydrogens is 454 g/mol. The predicted molar refractivity (Wildman–Crippen MR) is 142 cm³/mol. The van der Waals surface area contributed by atoms with E-state index in [4.69, 9.17) is 19.8 Å². The fraction of sp³-hybridized carbons (Fsp3) is 0.103. The lowest BCUT2D eigenvalue weighted by Gasteiger charge is -2.23. The third-order valence-electron chi connectivity index (χ3n) is 5.23. The van der Waals surface area contributed by atoms with E-state index in [1.165, 1.54) is 17.1 Å². The second kappa shape index (κ2) is 13.8. The van der Waals surface area contributed by atoms with Crippen molar-refractivity contribution in [2.75, 3.05) is 19.6 Å². The van der Waals surface area contributed by atoms with Crippen molar-refractivity contribution in [3.8, 4) is 0 Å². The molecule has 6 rings (SSSR count). The highest BCUT2D eigenvalue weighted by Gasteiger charge is 2.07. The van der Waals surface area contributed by atoms with Gasteiger partial charge in [0, 0.05) is 55.3 Å².